The van der Waals surface area contributed by atoms with Crippen LogP contribution < -0.4 is 5.32 Å². The zero-order valence-corrected chi connectivity index (χ0v) is 15.5. The lowest BCUT2D eigenvalue weighted by Crippen LogP contribution is -2.39. The maximum absolute atomic E-state index is 12.3. The van der Waals surface area contributed by atoms with Crippen molar-refractivity contribution in [1.82, 2.24) is 10.2 Å². The average molecular weight is 371 g/mol. The van der Waals surface area contributed by atoms with Gasteiger partial charge in [-0.05, 0) is 23.6 Å². The number of benzene rings is 2. The van der Waals surface area contributed by atoms with Crippen LogP contribution in [0.1, 0.15) is 24.0 Å². The zero-order valence-electron chi connectivity index (χ0n) is 14.7. The second kappa shape index (κ2) is 7.29. The average Bonchev–Trinajstić information content (AvgIpc) is 2.92. The smallest absolute Gasteiger partial charge is 0.285 e. The second-order valence-corrected chi connectivity index (χ2v) is 7.93. The lowest BCUT2D eigenvalue weighted by Gasteiger charge is -2.19. The highest BCUT2D eigenvalue weighted by molar-refractivity contribution is 7.90. The van der Waals surface area contributed by atoms with E-state index in [0.717, 1.165) is 5.56 Å². The van der Waals surface area contributed by atoms with Crippen LogP contribution in [0.25, 0.3) is 0 Å². The monoisotopic (exact) mass is 371 g/mol. The Morgan fingerprint density at radius 1 is 1.12 bits per heavy atom. The summed E-state index contributed by atoms with van der Waals surface area (Å²) in [5.41, 5.74) is 1.68. The fraction of sp³-hybridized carbons (Fsp3) is 0.263. The molecular formula is C19H21N3O3S. The number of amides is 1. The Balaban J connectivity index is 1.62. The van der Waals surface area contributed by atoms with E-state index in [1.54, 1.807) is 30.1 Å². The third kappa shape index (κ3) is 3.77. The SMILES string of the molecule is CC(CNC(=O)CN(C)C1=NS(=O)(=O)c2ccccc21)c1ccccc1. The van der Waals surface area contributed by atoms with Gasteiger partial charge in [0.15, 0.2) is 5.84 Å². The molecule has 0 aromatic heterocycles. The number of amidine groups is 1. The number of carbonyl (C=O) groups is 1. The van der Waals surface area contributed by atoms with Gasteiger partial charge in [-0.2, -0.15) is 8.42 Å². The summed E-state index contributed by atoms with van der Waals surface area (Å²) >= 11 is 0. The van der Waals surface area contributed by atoms with Gasteiger partial charge in [-0.1, -0.05) is 49.4 Å². The molecule has 0 aliphatic carbocycles. The highest BCUT2D eigenvalue weighted by Crippen LogP contribution is 2.26. The Kier molecular flexibility index (Phi) is 5.08. The minimum absolute atomic E-state index is 0.0319. The summed E-state index contributed by atoms with van der Waals surface area (Å²) < 4.78 is 28.0. The lowest BCUT2D eigenvalue weighted by molar-refractivity contribution is -0.121. The molecule has 1 heterocycles. The maximum atomic E-state index is 12.3. The molecule has 3 rings (SSSR count). The summed E-state index contributed by atoms with van der Waals surface area (Å²) in [6.07, 6.45) is 0. The summed E-state index contributed by atoms with van der Waals surface area (Å²) in [5.74, 6) is 0.307. The van der Waals surface area contributed by atoms with Crippen molar-refractivity contribution in [1.29, 1.82) is 0 Å². The van der Waals surface area contributed by atoms with Crippen molar-refractivity contribution in [3.8, 4) is 0 Å². The Morgan fingerprint density at radius 3 is 2.50 bits per heavy atom. The van der Waals surface area contributed by atoms with Gasteiger partial charge in [0.05, 0.1) is 6.54 Å². The molecule has 0 saturated heterocycles. The number of likely N-dealkylation sites (N-methyl/N-ethyl adjacent to an activating group) is 1. The van der Waals surface area contributed by atoms with Crippen LogP contribution in [0.4, 0.5) is 0 Å². The molecule has 136 valence electrons. The molecule has 0 radical (unpaired) electrons. The predicted molar refractivity (Wildman–Crippen MR) is 101 cm³/mol. The van der Waals surface area contributed by atoms with E-state index >= 15 is 0 Å². The topological polar surface area (TPSA) is 78.8 Å². The maximum Gasteiger partial charge on any atom is 0.285 e. The van der Waals surface area contributed by atoms with Gasteiger partial charge in [0.2, 0.25) is 5.91 Å². The molecule has 0 fully saturated rings. The van der Waals surface area contributed by atoms with Crippen molar-refractivity contribution >= 4 is 21.8 Å². The molecule has 7 heteroatoms. The highest BCUT2D eigenvalue weighted by atomic mass is 32.2. The Hall–Kier alpha value is -2.67. The fourth-order valence-electron chi connectivity index (χ4n) is 2.88. The third-order valence-electron chi connectivity index (χ3n) is 4.33. The van der Waals surface area contributed by atoms with Crippen LogP contribution >= 0.6 is 0 Å². The first-order chi connectivity index (χ1) is 12.4. The summed E-state index contributed by atoms with van der Waals surface area (Å²) in [4.78, 5) is 14.0. The summed E-state index contributed by atoms with van der Waals surface area (Å²) in [6, 6.07) is 16.6. The standard InChI is InChI=1S/C19H21N3O3S/c1-14(15-8-4-3-5-9-15)12-20-18(23)13-22(2)19-16-10-6-7-11-17(16)26(24,25)21-19/h3-11,14H,12-13H2,1-2H3,(H,20,23). The molecule has 0 saturated carbocycles. The van der Waals surface area contributed by atoms with Crippen LogP contribution in [0.3, 0.4) is 0 Å². The summed E-state index contributed by atoms with van der Waals surface area (Å²) in [5, 5.41) is 2.89. The summed E-state index contributed by atoms with van der Waals surface area (Å²) in [7, 11) is -2.02. The quantitative estimate of drug-likeness (QED) is 0.872. The number of rotatable bonds is 5. The van der Waals surface area contributed by atoms with Crippen LogP contribution in [0, 0.1) is 0 Å². The largest absolute Gasteiger partial charge is 0.354 e. The number of nitrogens with one attached hydrogen (secondary N) is 1. The highest BCUT2D eigenvalue weighted by Gasteiger charge is 2.30. The molecular weight excluding hydrogens is 350 g/mol. The van der Waals surface area contributed by atoms with Gasteiger partial charge in [0.1, 0.15) is 4.90 Å². The zero-order chi connectivity index (χ0) is 18.7. The minimum atomic E-state index is -3.68. The molecule has 1 amide bonds. The van der Waals surface area contributed by atoms with Gasteiger partial charge in [-0.15, -0.1) is 4.40 Å². The number of hydrogen-bond acceptors (Lipinski definition) is 4. The van der Waals surface area contributed by atoms with E-state index in [4.69, 9.17) is 0 Å². The Labute approximate surface area is 153 Å². The first-order valence-electron chi connectivity index (χ1n) is 8.35. The van der Waals surface area contributed by atoms with Crippen molar-refractivity contribution in [2.45, 2.75) is 17.7 Å². The van der Waals surface area contributed by atoms with E-state index in [1.807, 2.05) is 37.3 Å². The van der Waals surface area contributed by atoms with E-state index in [-0.39, 0.29) is 23.3 Å². The van der Waals surface area contributed by atoms with Crippen LogP contribution in [0.2, 0.25) is 0 Å². The van der Waals surface area contributed by atoms with Crippen LogP contribution in [-0.4, -0.2) is 45.2 Å². The Morgan fingerprint density at radius 2 is 1.77 bits per heavy atom. The lowest BCUT2D eigenvalue weighted by atomic mass is 10.0. The molecule has 1 N–H and O–H groups in total. The molecule has 2 aromatic rings. The molecule has 0 bridgehead atoms. The molecule has 2 aromatic carbocycles. The first-order valence-corrected chi connectivity index (χ1v) is 9.79. The van der Waals surface area contributed by atoms with E-state index in [0.29, 0.717) is 17.9 Å². The van der Waals surface area contributed by atoms with E-state index in [1.165, 1.54) is 6.07 Å². The molecule has 26 heavy (non-hydrogen) atoms. The van der Waals surface area contributed by atoms with Crippen molar-refractivity contribution in [3.63, 3.8) is 0 Å². The van der Waals surface area contributed by atoms with Gasteiger partial charge < -0.3 is 10.2 Å². The van der Waals surface area contributed by atoms with E-state index < -0.39 is 10.0 Å². The first kappa shape index (κ1) is 18.1. The number of hydrogen-bond donors (Lipinski definition) is 1. The Bertz CT molecular complexity index is 940. The predicted octanol–water partition coefficient (Wildman–Crippen LogP) is 1.99. The molecule has 0 spiro atoms. The normalized spacial score (nSPS) is 15.7. The van der Waals surface area contributed by atoms with Crippen LogP contribution in [0.15, 0.2) is 63.9 Å². The molecule has 1 unspecified atom stereocenters. The van der Waals surface area contributed by atoms with Crippen LogP contribution in [0.5, 0.6) is 0 Å². The van der Waals surface area contributed by atoms with Crippen molar-refractivity contribution < 1.29 is 13.2 Å². The van der Waals surface area contributed by atoms with Crippen molar-refractivity contribution in [2.75, 3.05) is 20.1 Å². The molecule has 1 aliphatic heterocycles. The van der Waals surface area contributed by atoms with Gasteiger partial charge in [-0.3, -0.25) is 4.79 Å². The van der Waals surface area contributed by atoms with Crippen molar-refractivity contribution in [2.24, 2.45) is 4.40 Å². The van der Waals surface area contributed by atoms with E-state index in [9.17, 15) is 13.2 Å². The third-order valence-corrected chi connectivity index (χ3v) is 5.65. The number of sulfonamides is 1. The van der Waals surface area contributed by atoms with Gasteiger partial charge in [0, 0.05) is 19.2 Å². The molecule has 1 aliphatic rings. The number of nitrogens with zero attached hydrogens (tertiary/aromatic N) is 2. The van der Waals surface area contributed by atoms with Crippen LogP contribution in [-0.2, 0) is 14.8 Å². The summed E-state index contributed by atoms with van der Waals surface area (Å²) in [6.45, 7) is 2.59. The molecule has 6 nitrogen and oxygen atoms in total. The van der Waals surface area contributed by atoms with Crippen molar-refractivity contribution in [3.05, 3.63) is 65.7 Å². The van der Waals surface area contributed by atoms with Gasteiger partial charge in [-0.25, -0.2) is 0 Å². The van der Waals surface area contributed by atoms with Gasteiger partial charge in [0.25, 0.3) is 10.0 Å². The fourth-order valence-corrected chi connectivity index (χ4v) is 4.13. The minimum Gasteiger partial charge on any atom is -0.354 e. The number of fused-ring (bicyclic) bond motifs is 1. The van der Waals surface area contributed by atoms with E-state index in [2.05, 4.69) is 9.71 Å². The second-order valence-electron chi connectivity index (χ2n) is 6.36. The van der Waals surface area contributed by atoms with Gasteiger partial charge >= 0.3 is 0 Å². The number of carbonyl (C=O) groups excluding carboxylic acids is 1. The molecule has 1 atom stereocenters.